The fourth-order valence-electron chi connectivity index (χ4n) is 1.03. The maximum atomic E-state index is 8.83. The van der Waals surface area contributed by atoms with E-state index in [4.69, 9.17) is 10.00 Å². The van der Waals surface area contributed by atoms with Crippen molar-refractivity contribution in [3.05, 3.63) is 0 Å². The molecule has 0 amide bonds. The van der Waals surface area contributed by atoms with Gasteiger partial charge in [-0.2, -0.15) is 17.0 Å². The van der Waals surface area contributed by atoms with Crippen molar-refractivity contribution >= 4 is 11.8 Å². The number of hydrogen-bond acceptors (Lipinski definition) is 4. The number of methoxy groups -OCH3 is 1. The highest BCUT2D eigenvalue weighted by Gasteiger charge is 2.07. The summed E-state index contributed by atoms with van der Waals surface area (Å²) in [6, 6.07) is 2.64. The van der Waals surface area contributed by atoms with Crippen LogP contribution in [0.15, 0.2) is 0 Å². The first-order valence-corrected chi connectivity index (χ1v) is 6.08. The van der Waals surface area contributed by atoms with Crippen LogP contribution in [0, 0.1) is 11.3 Å². The smallest absolute Gasteiger partial charge is 0.0962 e. The summed E-state index contributed by atoms with van der Waals surface area (Å²) in [6.45, 7) is 4.91. The molecule has 4 heteroatoms. The molecule has 0 heterocycles. The molecular weight excluding hydrogens is 196 g/mol. The summed E-state index contributed by atoms with van der Waals surface area (Å²) in [5, 5.41) is 12.0. The Morgan fingerprint density at radius 2 is 2.14 bits per heavy atom. The second kappa shape index (κ2) is 9.32. The first kappa shape index (κ1) is 13.8. The van der Waals surface area contributed by atoms with Gasteiger partial charge in [0, 0.05) is 18.9 Å². The van der Waals surface area contributed by atoms with Crippen molar-refractivity contribution in [2.24, 2.45) is 0 Å². The minimum atomic E-state index is -0.00922. The topological polar surface area (TPSA) is 45.0 Å². The van der Waals surface area contributed by atoms with Crippen molar-refractivity contribution < 1.29 is 4.74 Å². The number of nitrogens with zero attached hydrogens (tertiary/aromatic N) is 1. The molecule has 0 fully saturated rings. The number of hydrogen-bond donors (Lipinski definition) is 1. The van der Waals surface area contributed by atoms with Crippen molar-refractivity contribution in [2.75, 3.05) is 25.2 Å². The third-order valence-electron chi connectivity index (χ3n) is 1.67. The molecule has 1 N–H and O–H groups in total. The summed E-state index contributed by atoms with van der Waals surface area (Å²) in [4.78, 5) is 0. The van der Waals surface area contributed by atoms with Crippen LogP contribution in [-0.4, -0.2) is 37.3 Å². The van der Waals surface area contributed by atoms with Crippen molar-refractivity contribution in [3.63, 3.8) is 0 Å². The zero-order valence-corrected chi connectivity index (χ0v) is 10.1. The van der Waals surface area contributed by atoms with E-state index in [9.17, 15) is 0 Å². The lowest BCUT2D eigenvalue weighted by Gasteiger charge is -2.13. The Morgan fingerprint density at radius 3 is 2.64 bits per heavy atom. The van der Waals surface area contributed by atoms with E-state index < -0.39 is 0 Å². The molecule has 0 saturated heterocycles. The van der Waals surface area contributed by atoms with Crippen LogP contribution in [-0.2, 0) is 4.74 Å². The highest BCUT2D eigenvalue weighted by Crippen LogP contribution is 2.04. The Hall–Kier alpha value is -0.240. The van der Waals surface area contributed by atoms with Gasteiger partial charge < -0.3 is 4.74 Å². The molecule has 0 saturated carbocycles. The highest BCUT2D eigenvalue weighted by atomic mass is 32.2. The summed E-state index contributed by atoms with van der Waals surface area (Å²) in [5.74, 6) is 2.03. The monoisotopic (exact) mass is 216 g/mol. The van der Waals surface area contributed by atoms with Crippen LogP contribution in [0.4, 0.5) is 0 Å². The van der Waals surface area contributed by atoms with Crippen LogP contribution in [0.1, 0.15) is 20.3 Å². The lowest BCUT2D eigenvalue weighted by Crippen LogP contribution is -2.34. The summed E-state index contributed by atoms with van der Waals surface area (Å²) in [7, 11) is 1.71. The summed E-state index contributed by atoms with van der Waals surface area (Å²) < 4.78 is 4.94. The van der Waals surface area contributed by atoms with Crippen LogP contribution in [0.25, 0.3) is 0 Å². The molecule has 3 nitrogen and oxygen atoms in total. The Labute approximate surface area is 91.2 Å². The van der Waals surface area contributed by atoms with E-state index >= 15 is 0 Å². The summed E-state index contributed by atoms with van der Waals surface area (Å²) in [6.07, 6.45) is 0.906. The molecule has 0 rings (SSSR count). The zero-order valence-electron chi connectivity index (χ0n) is 9.25. The maximum Gasteiger partial charge on any atom is 0.0962 e. The molecule has 1 unspecified atom stereocenters. The van der Waals surface area contributed by atoms with Crippen LogP contribution in [0.3, 0.4) is 0 Å². The van der Waals surface area contributed by atoms with Gasteiger partial charge >= 0.3 is 0 Å². The molecule has 0 aliphatic rings. The molecule has 1 atom stereocenters. The van der Waals surface area contributed by atoms with E-state index in [1.165, 1.54) is 0 Å². The van der Waals surface area contributed by atoms with Gasteiger partial charge in [-0.25, -0.2) is 0 Å². The van der Waals surface area contributed by atoms with Gasteiger partial charge in [0.25, 0.3) is 0 Å². The average molecular weight is 216 g/mol. The van der Waals surface area contributed by atoms with Gasteiger partial charge in [0.05, 0.1) is 18.7 Å². The average Bonchev–Trinajstić information content (AvgIpc) is 2.15. The number of thioether (sulfide) groups is 1. The van der Waals surface area contributed by atoms with Crippen molar-refractivity contribution in [1.82, 2.24) is 5.32 Å². The first-order chi connectivity index (χ1) is 6.70. The van der Waals surface area contributed by atoms with Gasteiger partial charge in [-0.1, -0.05) is 0 Å². The fourth-order valence-corrected chi connectivity index (χ4v) is 1.92. The number of ether oxygens (including phenoxy) is 1. The van der Waals surface area contributed by atoms with Crippen LogP contribution in [0.5, 0.6) is 0 Å². The normalized spacial score (nSPS) is 12.8. The number of nitrogens with one attached hydrogen (secondary N) is 1. The van der Waals surface area contributed by atoms with Gasteiger partial charge in [-0.05, 0) is 26.0 Å². The second-order valence-corrected chi connectivity index (χ2v) is 4.62. The van der Waals surface area contributed by atoms with Crippen molar-refractivity contribution in [1.29, 1.82) is 5.26 Å². The van der Waals surface area contributed by atoms with Gasteiger partial charge in [0.1, 0.15) is 0 Å². The Morgan fingerprint density at radius 1 is 1.43 bits per heavy atom. The van der Waals surface area contributed by atoms with Crippen LogP contribution >= 0.6 is 11.8 Å². The molecule has 0 aromatic heterocycles. The SMILES string of the molecule is COCCSCCC(C#N)NC(C)C. The Kier molecular flexibility index (Phi) is 9.16. The molecule has 0 aromatic rings. The third kappa shape index (κ3) is 8.36. The molecule has 0 radical (unpaired) electrons. The molecule has 0 bridgehead atoms. The van der Waals surface area contributed by atoms with E-state index in [0.717, 1.165) is 24.5 Å². The Bertz CT molecular complexity index is 168. The molecule has 0 aliphatic heterocycles. The third-order valence-corrected chi connectivity index (χ3v) is 2.65. The van der Waals surface area contributed by atoms with E-state index in [-0.39, 0.29) is 6.04 Å². The molecule has 0 aromatic carbocycles. The molecule has 0 aliphatic carbocycles. The molecular formula is C10H20N2OS. The highest BCUT2D eigenvalue weighted by molar-refractivity contribution is 7.99. The lowest BCUT2D eigenvalue weighted by atomic mass is 10.2. The molecule has 82 valence electrons. The predicted molar refractivity (Wildman–Crippen MR) is 61.5 cm³/mol. The van der Waals surface area contributed by atoms with Crippen molar-refractivity contribution in [2.45, 2.75) is 32.4 Å². The van der Waals surface area contributed by atoms with E-state index in [1.807, 2.05) is 11.8 Å². The maximum absolute atomic E-state index is 8.83. The van der Waals surface area contributed by atoms with Crippen LogP contribution in [0.2, 0.25) is 0 Å². The lowest BCUT2D eigenvalue weighted by molar-refractivity contribution is 0.218. The van der Waals surface area contributed by atoms with Gasteiger partial charge in [-0.3, -0.25) is 5.32 Å². The molecule has 0 spiro atoms. The largest absolute Gasteiger partial charge is 0.384 e. The zero-order chi connectivity index (χ0) is 10.8. The second-order valence-electron chi connectivity index (χ2n) is 3.40. The van der Waals surface area contributed by atoms with E-state index in [2.05, 4.69) is 25.2 Å². The Balaban J connectivity index is 3.40. The summed E-state index contributed by atoms with van der Waals surface area (Å²) in [5.41, 5.74) is 0. The quantitative estimate of drug-likeness (QED) is 0.627. The van der Waals surface area contributed by atoms with E-state index in [1.54, 1.807) is 7.11 Å². The van der Waals surface area contributed by atoms with Gasteiger partial charge in [0.2, 0.25) is 0 Å². The first-order valence-electron chi connectivity index (χ1n) is 4.93. The summed E-state index contributed by atoms with van der Waals surface area (Å²) >= 11 is 1.83. The number of nitriles is 1. The minimum absolute atomic E-state index is 0.00922. The predicted octanol–water partition coefficient (Wildman–Crippen LogP) is 1.65. The fraction of sp³-hybridized carbons (Fsp3) is 0.900. The molecule has 14 heavy (non-hydrogen) atoms. The number of rotatable bonds is 8. The standard InChI is InChI=1S/C10H20N2OS/c1-9(2)12-10(8-11)4-6-14-7-5-13-3/h9-10,12H,4-7H2,1-3H3. The minimum Gasteiger partial charge on any atom is -0.384 e. The van der Waals surface area contributed by atoms with Crippen molar-refractivity contribution in [3.8, 4) is 6.07 Å². The van der Waals surface area contributed by atoms with E-state index in [0.29, 0.717) is 6.04 Å². The van der Waals surface area contributed by atoms with Gasteiger partial charge in [-0.15, -0.1) is 0 Å². The van der Waals surface area contributed by atoms with Gasteiger partial charge in [0.15, 0.2) is 0 Å². The van der Waals surface area contributed by atoms with Crippen LogP contribution < -0.4 is 5.32 Å².